The molecule has 0 atom stereocenters. The number of carbonyl (C=O) groups is 1. The molecule has 0 saturated heterocycles. The summed E-state index contributed by atoms with van der Waals surface area (Å²) in [4.78, 5) is 11.0. The monoisotopic (exact) mass is 215 g/mol. The van der Waals surface area contributed by atoms with Gasteiger partial charge in [0.1, 0.15) is 0 Å². The standard InChI is InChI=1S/C9H9F2NO.C2H6/c1-5-3-4-6(9(13)12-2)8(11)7(5)10;1-2/h3-4H,1-2H3,(H,12,13);1-2H3. The second-order valence-electron chi connectivity index (χ2n) is 2.64. The molecule has 1 aromatic rings. The van der Waals surface area contributed by atoms with Gasteiger partial charge in [-0.15, -0.1) is 0 Å². The summed E-state index contributed by atoms with van der Waals surface area (Å²) < 4.78 is 26.0. The molecule has 0 fully saturated rings. The molecule has 1 aromatic carbocycles. The molecule has 0 aromatic heterocycles. The molecular formula is C11H15F2NO. The highest BCUT2D eigenvalue weighted by atomic mass is 19.2. The summed E-state index contributed by atoms with van der Waals surface area (Å²) in [5.74, 6) is -2.70. The molecule has 1 N–H and O–H groups in total. The predicted octanol–water partition coefficient (Wildman–Crippen LogP) is 2.66. The van der Waals surface area contributed by atoms with Crippen LogP contribution in [0.3, 0.4) is 0 Å². The number of nitrogens with one attached hydrogen (secondary N) is 1. The Morgan fingerprint density at radius 2 is 1.73 bits per heavy atom. The first-order valence-corrected chi connectivity index (χ1v) is 4.74. The van der Waals surface area contributed by atoms with Crippen molar-refractivity contribution >= 4 is 5.91 Å². The third-order valence-electron chi connectivity index (χ3n) is 1.75. The van der Waals surface area contributed by atoms with Gasteiger partial charge in [-0.25, -0.2) is 8.78 Å². The Kier molecular flexibility index (Phi) is 5.52. The topological polar surface area (TPSA) is 29.1 Å². The smallest absolute Gasteiger partial charge is 0.254 e. The maximum Gasteiger partial charge on any atom is 0.254 e. The van der Waals surface area contributed by atoms with Crippen molar-refractivity contribution in [3.63, 3.8) is 0 Å². The van der Waals surface area contributed by atoms with E-state index in [9.17, 15) is 13.6 Å². The lowest BCUT2D eigenvalue weighted by atomic mass is 10.1. The summed E-state index contributed by atoms with van der Waals surface area (Å²) in [5, 5.41) is 2.22. The van der Waals surface area contributed by atoms with Gasteiger partial charge in [0.25, 0.3) is 5.91 Å². The van der Waals surface area contributed by atoms with E-state index in [1.54, 1.807) is 0 Å². The van der Waals surface area contributed by atoms with Gasteiger partial charge in [-0.1, -0.05) is 19.9 Å². The molecule has 0 aliphatic rings. The van der Waals surface area contributed by atoms with Crippen molar-refractivity contribution in [1.82, 2.24) is 5.32 Å². The first kappa shape index (κ1) is 13.6. The lowest BCUT2D eigenvalue weighted by Gasteiger charge is -2.03. The molecule has 0 unspecified atom stereocenters. The van der Waals surface area contributed by atoms with Gasteiger partial charge >= 0.3 is 0 Å². The minimum atomic E-state index is -1.10. The van der Waals surface area contributed by atoms with E-state index in [-0.39, 0.29) is 11.1 Å². The van der Waals surface area contributed by atoms with Crippen LogP contribution in [0.5, 0.6) is 0 Å². The molecule has 1 rings (SSSR count). The minimum absolute atomic E-state index is 0.185. The number of carbonyl (C=O) groups excluding carboxylic acids is 1. The Bertz CT molecular complexity index is 351. The Hall–Kier alpha value is -1.45. The van der Waals surface area contributed by atoms with Crippen molar-refractivity contribution in [2.24, 2.45) is 0 Å². The zero-order chi connectivity index (χ0) is 12.0. The van der Waals surface area contributed by atoms with E-state index < -0.39 is 17.5 Å². The van der Waals surface area contributed by atoms with E-state index in [0.717, 1.165) is 0 Å². The quantitative estimate of drug-likeness (QED) is 0.766. The second-order valence-corrected chi connectivity index (χ2v) is 2.64. The molecule has 4 heteroatoms. The van der Waals surface area contributed by atoms with Crippen LogP contribution in [0, 0.1) is 18.6 Å². The van der Waals surface area contributed by atoms with Crippen LogP contribution in [-0.2, 0) is 0 Å². The van der Waals surface area contributed by atoms with E-state index >= 15 is 0 Å². The van der Waals surface area contributed by atoms with Crippen molar-refractivity contribution in [3.8, 4) is 0 Å². The van der Waals surface area contributed by atoms with Gasteiger partial charge in [0.05, 0.1) is 5.56 Å². The highest BCUT2D eigenvalue weighted by Gasteiger charge is 2.15. The minimum Gasteiger partial charge on any atom is -0.355 e. The van der Waals surface area contributed by atoms with Crippen molar-refractivity contribution in [2.45, 2.75) is 20.8 Å². The van der Waals surface area contributed by atoms with E-state index in [2.05, 4.69) is 5.32 Å². The van der Waals surface area contributed by atoms with Gasteiger partial charge in [0.15, 0.2) is 11.6 Å². The van der Waals surface area contributed by atoms with Gasteiger partial charge in [0.2, 0.25) is 0 Å². The third-order valence-corrected chi connectivity index (χ3v) is 1.75. The summed E-state index contributed by atoms with van der Waals surface area (Å²) in [6.07, 6.45) is 0. The molecule has 0 heterocycles. The first-order valence-electron chi connectivity index (χ1n) is 4.74. The number of benzene rings is 1. The highest BCUT2D eigenvalue weighted by molar-refractivity contribution is 5.94. The van der Waals surface area contributed by atoms with Crippen molar-refractivity contribution < 1.29 is 13.6 Å². The molecule has 0 spiro atoms. The van der Waals surface area contributed by atoms with E-state index in [1.165, 1.54) is 26.1 Å². The van der Waals surface area contributed by atoms with E-state index in [1.807, 2.05) is 13.8 Å². The molecule has 0 aliphatic heterocycles. The lowest BCUT2D eigenvalue weighted by molar-refractivity contribution is 0.0958. The predicted molar refractivity (Wildman–Crippen MR) is 55.8 cm³/mol. The maximum absolute atomic E-state index is 13.1. The van der Waals surface area contributed by atoms with Gasteiger partial charge < -0.3 is 5.32 Å². The van der Waals surface area contributed by atoms with Crippen LogP contribution in [-0.4, -0.2) is 13.0 Å². The molecule has 0 bridgehead atoms. The Morgan fingerprint density at radius 3 is 2.20 bits per heavy atom. The van der Waals surface area contributed by atoms with Gasteiger partial charge in [-0.3, -0.25) is 4.79 Å². The van der Waals surface area contributed by atoms with Gasteiger partial charge in [0, 0.05) is 7.05 Å². The van der Waals surface area contributed by atoms with Gasteiger partial charge in [-0.05, 0) is 18.6 Å². The molecular weight excluding hydrogens is 200 g/mol. The Balaban J connectivity index is 0.000000921. The third kappa shape index (κ3) is 3.01. The highest BCUT2D eigenvalue weighted by Crippen LogP contribution is 2.15. The molecule has 0 aliphatic carbocycles. The zero-order valence-corrected chi connectivity index (χ0v) is 9.32. The largest absolute Gasteiger partial charge is 0.355 e. The van der Waals surface area contributed by atoms with E-state index in [4.69, 9.17) is 0 Å². The number of amides is 1. The van der Waals surface area contributed by atoms with Crippen LogP contribution in [0.15, 0.2) is 12.1 Å². The second kappa shape index (κ2) is 6.11. The van der Waals surface area contributed by atoms with Crippen LogP contribution < -0.4 is 5.32 Å². The van der Waals surface area contributed by atoms with Crippen LogP contribution in [0.25, 0.3) is 0 Å². The summed E-state index contributed by atoms with van der Waals surface area (Å²) in [6, 6.07) is 2.62. The summed E-state index contributed by atoms with van der Waals surface area (Å²) >= 11 is 0. The molecule has 1 amide bonds. The normalized spacial score (nSPS) is 8.93. The zero-order valence-electron chi connectivity index (χ0n) is 9.32. The maximum atomic E-state index is 13.1. The molecule has 15 heavy (non-hydrogen) atoms. The number of aryl methyl sites for hydroxylation is 1. The molecule has 0 saturated carbocycles. The van der Waals surface area contributed by atoms with Gasteiger partial charge in [-0.2, -0.15) is 0 Å². The van der Waals surface area contributed by atoms with E-state index in [0.29, 0.717) is 0 Å². The summed E-state index contributed by atoms with van der Waals surface area (Å²) in [6.45, 7) is 5.44. The lowest BCUT2D eigenvalue weighted by Crippen LogP contribution is -2.20. The fraction of sp³-hybridized carbons (Fsp3) is 0.364. The van der Waals surface area contributed by atoms with Crippen molar-refractivity contribution in [1.29, 1.82) is 0 Å². The molecule has 0 radical (unpaired) electrons. The average molecular weight is 215 g/mol. The average Bonchev–Trinajstić information content (AvgIpc) is 2.28. The van der Waals surface area contributed by atoms with Crippen molar-refractivity contribution in [3.05, 3.63) is 34.9 Å². The van der Waals surface area contributed by atoms with Crippen LogP contribution in [0.1, 0.15) is 29.8 Å². The SMILES string of the molecule is CC.CNC(=O)c1ccc(C)c(F)c1F. The fourth-order valence-corrected chi connectivity index (χ4v) is 0.956. The molecule has 2 nitrogen and oxygen atoms in total. The number of hydrogen-bond acceptors (Lipinski definition) is 1. The summed E-state index contributed by atoms with van der Waals surface area (Å²) in [7, 11) is 1.36. The van der Waals surface area contributed by atoms with Crippen LogP contribution in [0.4, 0.5) is 8.78 Å². The molecule has 84 valence electrons. The fourth-order valence-electron chi connectivity index (χ4n) is 0.956. The van der Waals surface area contributed by atoms with Crippen molar-refractivity contribution in [2.75, 3.05) is 7.05 Å². The Labute approximate surface area is 88.3 Å². The van der Waals surface area contributed by atoms with Crippen LogP contribution >= 0.6 is 0 Å². The van der Waals surface area contributed by atoms with Crippen LogP contribution in [0.2, 0.25) is 0 Å². The summed E-state index contributed by atoms with van der Waals surface area (Å²) in [5.41, 5.74) is -0.0873. The number of hydrogen-bond donors (Lipinski definition) is 1. The first-order chi connectivity index (χ1) is 7.07. The Morgan fingerprint density at radius 1 is 1.20 bits per heavy atom. The number of rotatable bonds is 1. The number of halogens is 2.